The number of β-amino-alcohol motifs (C(OH)–C–C–N with tert-alkyl or cyclic N) is 1. The van der Waals surface area contributed by atoms with E-state index in [1.54, 1.807) is 57.5 Å². The van der Waals surface area contributed by atoms with E-state index in [-0.39, 0.29) is 64.3 Å². The van der Waals surface area contributed by atoms with Gasteiger partial charge in [0.1, 0.15) is 18.7 Å². The standard InChI is InChI=1S/C54H67F3N8O11S/c1-35-47(77-34-60-35)37-8-6-36(7-9-37)30-59-51(69)45-29-41(66)31-64(45)52(70)48(53(2,3)4)61-46(67)33-76-27-26-75-25-24-74-23-22-73-21-20-72-19-18-71-17-16-58-50(68)38-10-15-44-42(28-38)43-32-63(5)62-49(43)65(44)40-13-11-39(12-14-40)54(55,56)57/h6-15,28,32,34,41,45,48,66H,16-27,29-31,33H2,1-5H3,(H,58,68)(H,59,69)(H,61,67)/t41-,45?,48+/m1/s1. The molecule has 1 unspecified atom stereocenters. The number of hydrogen-bond acceptors (Lipinski definition) is 14. The predicted octanol–water partition coefficient (Wildman–Crippen LogP) is 5.61. The van der Waals surface area contributed by atoms with E-state index >= 15 is 0 Å². The van der Waals surface area contributed by atoms with Gasteiger partial charge in [0, 0.05) is 61.3 Å². The molecule has 6 aromatic rings. The summed E-state index contributed by atoms with van der Waals surface area (Å²) >= 11 is 1.56. The number of halogens is 3. The van der Waals surface area contributed by atoms with Crippen molar-refractivity contribution in [1.29, 1.82) is 0 Å². The molecule has 4 amide bonds. The van der Waals surface area contributed by atoms with Crippen LogP contribution in [0.5, 0.6) is 0 Å². The minimum Gasteiger partial charge on any atom is -0.391 e. The van der Waals surface area contributed by atoms with Gasteiger partial charge in [0.25, 0.3) is 5.91 Å². The Kier molecular flexibility index (Phi) is 20.7. The lowest BCUT2D eigenvalue weighted by atomic mass is 9.85. The molecular formula is C54H67F3N8O11S. The van der Waals surface area contributed by atoms with E-state index in [9.17, 15) is 37.5 Å². The predicted molar refractivity (Wildman–Crippen MR) is 281 cm³/mol. The number of aliphatic hydroxyl groups is 1. The minimum atomic E-state index is -4.45. The summed E-state index contributed by atoms with van der Waals surface area (Å²) in [6.45, 7) is 10.9. The van der Waals surface area contributed by atoms with Crippen LogP contribution >= 0.6 is 11.3 Å². The number of carbonyl (C=O) groups is 4. The number of nitrogens with zero attached hydrogens (tertiary/aromatic N) is 5. The maximum absolute atomic E-state index is 13.9. The average Bonchev–Trinajstić information content (AvgIpc) is 4.28. The van der Waals surface area contributed by atoms with Gasteiger partial charge in [0.05, 0.1) is 106 Å². The molecule has 3 aromatic carbocycles. The Morgan fingerprint density at radius 1 is 0.792 bits per heavy atom. The smallest absolute Gasteiger partial charge is 0.391 e. The van der Waals surface area contributed by atoms with Crippen LogP contribution in [0.2, 0.25) is 0 Å². The van der Waals surface area contributed by atoms with Crippen LogP contribution < -0.4 is 16.0 Å². The molecule has 416 valence electrons. The third-order valence-corrected chi connectivity index (χ3v) is 13.6. The van der Waals surface area contributed by atoms with E-state index in [1.807, 2.05) is 52.0 Å². The van der Waals surface area contributed by atoms with E-state index in [0.717, 1.165) is 44.6 Å². The van der Waals surface area contributed by atoms with Crippen molar-refractivity contribution in [2.75, 3.05) is 92.4 Å². The molecule has 1 fully saturated rings. The van der Waals surface area contributed by atoms with Gasteiger partial charge in [-0.1, -0.05) is 45.0 Å². The summed E-state index contributed by atoms with van der Waals surface area (Å²) in [7, 11) is 1.75. The Labute approximate surface area is 448 Å². The van der Waals surface area contributed by atoms with Crippen molar-refractivity contribution >= 4 is 56.9 Å². The van der Waals surface area contributed by atoms with Gasteiger partial charge >= 0.3 is 6.18 Å². The second-order valence-corrected chi connectivity index (χ2v) is 20.3. The molecule has 0 aliphatic carbocycles. The summed E-state index contributed by atoms with van der Waals surface area (Å²) in [4.78, 5) is 60.0. The number of aliphatic hydroxyl groups excluding tert-OH is 1. The highest BCUT2D eigenvalue weighted by Crippen LogP contribution is 2.35. The van der Waals surface area contributed by atoms with Gasteiger partial charge < -0.3 is 54.4 Å². The highest BCUT2D eigenvalue weighted by molar-refractivity contribution is 7.13. The second-order valence-electron chi connectivity index (χ2n) is 19.5. The van der Waals surface area contributed by atoms with E-state index in [4.69, 9.17) is 28.4 Å². The number of aryl methyl sites for hydroxylation is 2. The number of alkyl halides is 3. The number of nitrogens with one attached hydrogen (secondary N) is 3. The van der Waals surface area contributed by atoms with Crippen LogP contribution in [0.3, 0.4) is 0 Å². The van der Waals surface area contributed by atoms with Gasteiger partial charge in [-0.05, 0) is 65.9 Å². The van der Waals surface area contributed by atoms with Crippen molar-refractivity contribution in [3.63, 3.8) is 0 Å². The number of ether oxygens (including phenoxy) is 6. The molecule has 1 aliphatic heterocycles. The third kappa shape index (κ3) is 16.1. The monoisotopic (exact) mass is 1090 g/mol. The fourth-order valence-electron chi connectivity index (χ4n) is 8.68. The van der Waals surface area contributed by atoms with Crippen molar-refractivity contribution in [2.45, 2.75) is 65.0 Å². The topological polar surface area (TPSA) is 219 Å². The SMILES string of the molecule is Cc1ncsc1-c1ccc(CNC(=O)C2C[C@@H](O)CN2C(=O)[C@H](NC(=O)COCCOCCOCCOCCOCCOCCNC(=O)c2ccc3c(c2)c2cn(C)nc2n3-c2ccc(C(F)(F)F)cc2)C(C)(C)C)cc1. The number of aromatic nitrogens is 4. The van der Waals surface area contributed by atoms with Crippen molar-refractivity contribution < 1.29 is 65.9 Å². The zero-order chi connectivity index (χ0) is 55.1. The zero-order valence-corrected chi connectivity index (χ0v) is 44.7. The molecule has 0 radical (unpaired) electrons. The first-order chi connectivity index (χ1) is 36.9. The maximum atomic E-state index is 13.9. The van der Waals surface area contributed by atoms with E-state index in [1.165, 1.54) is 17.0 Å². The van der Waals surface area contributed by atoms with Crippen molar-refractivity contribution in [3.05, 3.63) is 101 Å². The molecule has 3 atom stereocenters. The fourth-order valence-corrected chi connectivity index (χ4v) is 9.49. The molecular weight excluding hydrogens is 1030 g/mol. The number of thiazole rings is 1. The number of amides is 4. The van der Waals surface area contributed by atoms with E-state index in [0.29, 0.717) is 75.3 Å². The Bertz CT molecular complexity index is 2900. The lowest BCUT2D eigenvalue weighted by Crippen LogP contribution is -2.58. The second kappa shape index (κ2) is 27.3. The normalized spacial score (nSPS) is 15.4. The number of rotatable bonds is 28. The van der Waals surface area contributed by atoms with Crippen LogP contribution in [0.15, 0.2) is 78.4 Å². The highest BCUT2D eigenvalue weighted by atomic mass is 32.1. The first-order valence-electron chi connectivity index (χ1n) is 25.3. The number of benzene rings is 3. The largest absolute Gasteiger partial charge is 0.416 e. The first kappa shape index (κ1) is 58.4. The van der Waals surface area contributed by atoms with Crippen LogP contribution in [0.1, 0.15) is 54.4 Å². The van der Waals surface area contributed by atoms with Crippen LogP contribution in [-0.4, -0.2) is 164 Å². The van der Waals surface area contributed by atoms with Gasteiger partial charge in [-0.25, -0.2) is 4.98 Å². The Morgan fingerprint density at radius 3 is 1.99 bits per heavy atom. The van der Waals surface area contributed by atoms with Crippen LogP contribution in [0.4, 0.5) is 13.2 Å². The number of likely N-dealkylation sites (tertiary alicyclic amines) is 1. The zero-order valence-electron chi connectivity index (χ0n) is 43.9. The molecule has 19 nitrogen and oxygen atoms in total. The molecule has 77 heavy (non-hydrogen) atoms. The Morgan fingerprint density at radius 2 is 1.40 bits per heavy atom. The molecule has 0 saturated carbocycles. The lowest BCUT2D eigenvalue weighted by molar-refractivity contribution is -0.144. The van der Waals surface area contributed by atoms with Crippen molar-refractivity contribution in [1.82, 2.24) is 40.2 Å². The minimum absolute atomic E-state index is 0.0319. The van der Waals surface area contributed by atoms with Crippen LogP contribution in [-0.2, 0) is 62.6 Å². The summed E-state index contributed by atoms with van der Waals surface area (Å²) < 4.78 is 76.2. The van der Waals surface area contributed by atoms with Gasteiger partial charge in [-0.3, -0.25) is 28.4 Å². The lowest BCUT2D eigenvalue weighted by Gasteiger charge is -2.35. The Hall–Kier alpha value is -6.31. The summed E-state index contributed by atoms with van der Waals surface area (Å²) in [5, 5.41) is 25.1. The molecule has 1 aliphatic rings. The number of carbonyl (C=O) groups excluding carboxylic acids is 4. The summed E-state index contributed by atoms with van der Waals surface area (Å²) in [5.74, 6) is -1.65. The third-order valence-electron chi connectivity index (χ3n) is 12.6. The maximum Gasteiger partial charge on any atom is 0.416 e. The highest BCUT2D eigenvalue weighted by Gasteiger charge is 2.44. The number of hydrogen-bond donors (Lipinski definition) is 4. The molecule has 1 saturated heterocycles. The van der Waals surface area contributed by atoms with Crippen LogP contribution in [0.25, 0.3) is 38.1 Å². The van der Waals surface area contributed by atoms with Gasteiger partial charge in [-0.15, -0.1) is 11.3 Å². The van der Waals surface area contributed by atoms with Gasteiger partial charge in [-0.2, -0.15) is 18.3 Å². The van der Waals surface area contributed by atoms with Gasteiger partial charge in [0.2, 0.25) is 17.7 Å². The van der Waals surface area contributed by atoms with Crippen molar-refractivity contribution in [3.8, 4) is 16.1 Å². The average molecular weight is 1090 g/mol. The molecule has 4 heterocycles. The fraction of sp³-hybridized carbons (Fsp3) is 0.481. The number of fused-ring (bicyclic) bond motifs is 3. The molecule has 23 heteroatoms. The molecule has 7 rings (SSSR count). The summed E-state index contributed by atoms with van der Waals surface area (Å²) in [6.07, 6.45) is -3.45. The van der Waals surface area contributed by atoms with E-state index < -0.39 is 47.2 Å². The summed E-state index contributed by atoms with van der Waals surface area (Å²) in [6, 6.07) is 16.0. The Balaban J connectivity index is 0.682. The molecule has 4 N–H and O–H groups in total. The first-order valence-corrected chi connectivity index (χ1v) is 26.2. The van der Waals surface area contributed by atoms with Crippen LogP contribution in [0, 0.1) is 12.3 Å². The quantitative estimate of drug-likeness (QED) is 0.0440. The van der Waals surface area contributed by atoms with E-state index in [2.05, 4.69) is 26.0 Å². The van der Waals surface area contributed by atoms with Gasteiger partial charge in [0.15, 0.2) is 5.65 Å². The molecule has 0 spiro atoms. The summed E-state index contributed by atoms with van der Waals surface area (Å²) in [5.41, 5.74) is 5.40. The molecule has 0 bridgehead atoms. The van der Waals surface area contributed by atoms with Crippen molar-refractivity contribution in [2.24, 2.45) is 12.5 Å². The molecule has 3 aromatic heterocycles.